The van der Waals surface area contributed by atoms with E-state index < -0.39 is 15.8 Å². The van der Waals surface area contributed by atoms with Crippen molar-refractivity contribution in [1.82, 2.24) is 0 Å². The van der Waals surface area contributed by atoms with Crippen LogP contribution in [0.5, 0.6) is 0 Å². The molecule has 1 fully saturated rings. The van der Waals surface area contributed by atoms with E-state index in [4.69, 9.17) is 5.11 Å². The van der Waals surface area contributed by atoms with Crippen molar-refractivity contribution in [1.29, 1.82) is 0 Å². The highest BCUT2D eigenvalue weighted by Crippen LogP contribution is 2.33. The molecule has 0 amide bonds. The minimum Gasteiger partial charge on any atom is -0.478 e. The van der Waals surface area contributed by atoms with Crippen LogP contribution in [0.25, 0.3) is 0 Å². The number of aryl methyl sites for hydroxylation is 1. The number of carbonyl (C=O) groups is 1. The Labute approximate surface area is 107 Å². The van der Waals surface area contributed by atoms with Crippen molar-refractivity contribution in [2.75, 3.05) is 5.75 Å². The van der Waals surface area contributed by atoms with Gasteiger partial charge in [-0.15, -0.1) is 0 Å². The summed E-state index contributed by atoms with van der Waals surface area (Å²) >= 11 is 0. The Bertz CT molecular complexity index is 571. The third-order valence-corrected chi connectivity index (χ3v) is 5.14. The Kier molecular flexibility index (Phi) is 3.43. The molecule has 1 saturated carbocycles. The molecule has 5 heteroatoms. The smallest absolute Gasteiger partial charge is 0.335 e. The maximum Gasteiger partial charge on any atom is 0.335 e. The zero-order valence-corrected chi connectivity index (χ0v) is 11.0. The van der Waals surface area contributed by atoms with Crippen molar-refractivity contribution < 1.29 is 18.3 Å². The van der Waals surface area contributed by atoms with E-state index in [1.165, 1.54) is 12.1 Å². The predicted molar refractivity (Wildman–Crippen MR) is 67.6 cm³/mol. The Morgan fingerprint density at radius 3 is 2.56 bits per heavy atom. The second-order valence-corrected chi connectivity index (χ2v) is 6.71. The van der Waals surface area contributed by atoms with Crippen molar-refractivity contribution in [3.05, 3.63) is 29.3 Å². The highest BCUT2D eigenvalue weighted by molar-refractivity contribution is 7.91. The van der Waals surface area contributed by atoms with Crippen molar-refractivity contribution in [3.8, 4) is 0 Å². The van der Waals surface area contributed by atoms with Gasteiger partial charge in [-0.05, 0) is 42.9 Å². The molecule has 0 aliphatic heterocycles. The third-order valence-electron chi connectivity index (χ3n) is 3.18. The van der Waals surface area contributed by atoms with Gasteiger partial charge in [-0.25, -0.2) is 13.2 Å². The largest absolute Gasteiger partial charge is 0.478 e. The summed E-state index contributed by atoms with van der Waals surface area (Å²) in [7, 11) is -3.36. The summed E-state index contributed by atoms with van der Waals surface area (Å²) in [4.78, 5) is 11.1. The number of carboxylic acid groups (broad SMARTS) is 1. The fourth-order valence-corrected chi connectivity index (χ4v) is 4.01. The molecule has 0 radical (unpaired) electrons. The van der Waals surface area contributed by atoms with Crippen molar-refractivity contribution in [3.63, 3.8) is 0 Å². The molecular formula is C13H16O4S. The lowest BCUT2D eigenvalue weighted by Gasteiger charge is -2.10. The summed E-state index contributed by atoms with van der Waals surface area (Å²) in [6.45, 7) is 1.87. The molecule has 0 aromatic heterocycles. The standard InChI is InChI=1S/C13H16O4S/c1-2-10-5-6-11(13(14)15)7-12(10)18(16,17)8-9-3-4-9/h5-7,9H,2-4,8H2,1H3,(H,14,15). The second kappa shape index (κ2) is 4.72. The van der Waals surface area contributed by atoms with Gasteiger partial charge in [0.2, 0.25) is 0 Å². The summed E-state index contributed by atoms with van der Waals surface area (Å²) in [5.41, 5.74) is 0.724. The SMILES string of the molecule is CCc1ccc(C(=O)O)cc1S(=O)(=O)CC1CC1. The molecule has 0 atom stereocenters. The number of aromatic carboxylic acids is 1. The van der Waals surface area contributed by atoms with Gasteiger partial charge in [0.25, 0.3) is 0 Å². The number of sulfone groups is 1. The fraction of sp³-hybridized carbons (Fsp3) is 0.462. The second-order valence-electron chi connectivity index (χ2n) is 4.71. The highest BCUT2D eigenvalue weighted by atomic mass is 32.2. The average molecular weight is 268 g/mol. The zero-order valence-electron chi connectivity index (χ0n) is 10.2. The quantitative estimate of drug-likeness (QED) is 0.888. The maximum atomic E-state index is 12.2. The van der Waals surface area contributed by atoms with E-state index in [2.05, 4.69) is 0 Å². The van der Waals surface area contributed by atoms with Gasteiger partial charge in [0.1, 0.15) is 0 Å². The molecule has 18 heavy (non-hydrogen) atoms. The molecule has 0 spiro atoms. The lowest BCUT2D eigenvalue weighted by Crippen LogP contribution is -2.12. The molecule has 1 aliphatic carbocycles. The van der Waals surface area contributed by atoms with Crippen LogP contribution in [0.2, 0.25) is 0 Å². The van der Waals surface area contributed by atoms with Crippen LogP contribution < -0.4 is 0 Å². The van der Waals surface area contributed by atoms with Crippen LogP contribution in [0.15, 0.2) is 23.1 Å². The fourth-order valence-electron chi connectivity index (χ4n) is 1.95. The molecule has 0 heterocycles. The molecule has 0 saturated heterocycles. The predicted octanol–water partition coefficient (Wildman–Crippen LogP) is 2.13. The Balaban J connectivity index is 2.45. The molecule has 4 nitrogen and oxygen atoms in total. The van der Waals surface area contributed by atoms with E-state index in [1.807, 2.05) is 6.92 Å². The zero-order chi connectivity index (χ0) is 13.3. The number of carboxylic acids is 1. The van der Waals surface area contributed by atoms with Gasteiger partial charge in [0.15, 0.2) is 9.84 Å². The van der Waals surface area contributed by atoms with Crippen molar-refractivity contribution in [2.45, 2.75) is 31.1 Å². The first-order chi connectivity index (χ1) is 8.44. The van der Waals surface area contributed by atoms with Crippen LogP contribution in [-0.2, 0) is 16.3 Å². The van der Waals surface area contributed by atoms with Crippen molar-refractivity contribution in [2.24, 2.45) is 5.92 Å². The van der Waals surface area contributed by atoms with Gasteiger partial charge < -0.3 is 5.11 Å². The Hall–Kier alpha value is -1.36. The molecule has 1 aromatic rings. The number of rotatable bonds is 5. The van der Waals surface area contributed by atoms with Crippen LogP contribution in [0.4, 0.5) is 0 Å². The molecule has 1 aromatic carbocycles. The van der Waals surface area contributed by atoms with Gasteiger partial charge in [-0.3, -0.25) is 0 Å². The van der Waals surface area contributed by atoms with Crippen LogP contribution in [0.1, 0.15) is 35.7 Å². The van der Waals surface area contributed by atoms with Gasteiger partial charge in [-0.2, -0.15) is 0 Å². The summed E-state index contributed by atoms with van der Waals surface area (Å²) in [5.74, 6) is -0.697. The summed E-state index contributed by atoms with van der Waals surface area (Å²) in [5, 5.41) is 8.94. The van der Waals surface area contributed by atoms with Crippen molar-refractivity contribution >= 4 is 15.8 Å². The molecule has 1 N–H and O–H groups in total. The van der Waals surface area contributed by atoms with E-state index in [0.717, 1.165) is 12.8 Å². The Morgan fingerprint density at radius 2 is 2.06 bits per heavy atom. The minimum absolute atomic E-state index is 0.0292. The minimum atomic E-state index is -3.36. The number of benzene rings is 1. The van der Waals surface area contributed by atoms with Crippen LogP contribution in [0.3, 0.4) is 0 Å². The van der Waals surface area contributed by atoms with Crippen LogP contribution >= 0.6 is 0 Å². The van der Waals surface area contributed by atoms with Gasteiger partial charge in [0, 0.05) is 0 Å². The maximum absolute atomic E-state index is 12.2. The number of hydrogen-bond donors (Lipinski definition) is 1. The van der Waals surface area contributed by atoms with Gasteiger partial charge >= 0.3 is 5.97 Å². The summed E-state index contributed by atoms with van der Waals surface area (Å²) in [6, 6.07) is 4.35. The van der Waals surface area contributed by atoms with E-state index in [9.17, 15) is 13.2 Å². The first kappa shape index (κ1) is 13.1. The molecule has 98 valence electrons. The highest BCUT2D eigenvalue weighted by Gasteiger charge is 2.30. The molecular weight excluding hydrogens is 252 g/mol. The van der Waals surface area contributed by atoms with Gasteiger partial charge in [-0.1, -0.05) is 13.0 Å². The van der Waals surface area contributed by atoms with E-state index in [1.54, 1.807) is 6.07 Å². The first-order valence-corrected chi connectivity index (χ1v) is 7.68. The lowest BCUT2D eigenvalue weighted by molar-refractivity contribution is 0.0696. The van der Waals surface area contributed by atoms with Crippen LogP contribution in [-0.4, -0.2) is 25.2 Å². The first-order valence-electron chi connectivity index (χ1n) is 6.03. The average Bonchev–Trinajstić information content (AvgIpc) is 3.11. The van der Waals surface area contributed by atoms with Gasteiger partial charge in [0.05, 0.1) is 16.2 Å². The number of hydrogen-bond acceptors (Lipinski definition) is 3. The van der Waals surface area contributed by atoms with E-state index >= 15 is 0 Å². The monoisotopic (exact) mass is 268 g/mol. The summed E-state index contributed by atoms with van der Waals surface area (Å²) in [6.07, 6.45) is 2.50. The van der Waals surface area contributed by atoms with E-state index in [-0.39, 0.29) is 22.1 Å². The third kappa shape index (κ3) is 2.72. The molecule has 1 aliphatic rings. The molecule has 2 rings (SSSR count). The topological polar surface area (TPSA) is 71.4 Å². The normalized spacial score (nSPS) is 15.6. The summed E-state index contributed by atoms with van der Waals surface area (Å²) < 4.78 is 24.5. The van der Waals surface area contributed by atoms with E-state index in [0.29, 0.717) is 12.0 Å². The molecule has 0 bridgehead atoms. The molecule has 0 unspecified atom stereocenters. The lowest BCUT2D eigenvalue weighted by atomic mass is 10.1. The van der Waals surface area contributed by atoms with Crippen LogP contribution in [0, 0.1) is 5.92 Å². The Morgan fingerprint density at radius 1 is 1.39 bits per heavy atom.